The van der Waals surface area contributed by atoms with Gasteiger partial charge < -0.3 is 10.4 Å². The monoisotopic (exact) mass is 285 g/mol. The Balaban J connectivity index is 1.99. The van der Waals surface area contributed by atoms with Crippen molar-refractivity contribution in [1.82, 2.24) is 15.3 Å². The van der Waals surface area contributed by atoms with Crippen LogP contribution in [0.25, 0.3) is 0 Å². The highest BCUT2D eigenvalue weighted by Gasteiger charge is 2.13. The van der Waals surface area contributed by atoms with Gasteiger partial charge in [0.05, 0.1) is 17.4 Å². The van der Waals surface area contributed by atoms with Crippen LogP contribution in [0.15, 0.2) is 30.5 Å². The zero-order valence-electron chi connectivity index (χ0n) is 12.4. The van der Waals surface area contributed by atoms with Gasteiger partial charge in [0.25, 0.3) is 5.91 Å². The second-order valence-electron chi connectivity index (χ2n) is 5.05. The van der Waals surface area contributed by atoms with Crippen molar-refractivity contribution < 1.29 is 9.90 Å². The predicted molar refractivity (Wildman–Crippen MR) is 80.0 cm³/mol. The van der Waals surface area contributed by atoms with Gasteiger partial charge in [-0.05, 0) is 26.3 Å². The van der Waals surface area contributed by atoms with E-state index >= 15 is 0 Å². The molecule has 0 saturated carbocycles. The van der Waals surface area contributed by atoms with E-state index in [0.29, 0.717) is 17.1 Å². The van der Waals surface area contributed by atoms with Crippen LogP contribution in [0.3, 0.4) is 0 Å². The fraction of sp³-hybridized carbons (Fsp3) is 0.312. The second-order valence-corrected chi connectivity index (χ2v) is 5.05. The molecular formula is C16H19N3O2. The number of carbonyl (C=O) groups is 1. The van der Waals surface area contributed by atoms with Gasteiger partial charge in [-0.1, -0.05) is 29.8 Å². The maximum Gasteiger partial charge on any atom is 0.254 e. The van der Waals surface area contributed by atoms with E-state index in [4.69, 9.17) is 0 Å². The first kappa shape index (κ1) is 15.1. The molecule has 1 heterocycles. The number of hydrogen-bond donors (Lipinski definition) is 2. The maximum atomic E-state index is 12.1. The third kappa shape index (κ3) is 3.86. The minimum Gasteiger partial charge on any atom is -0.387 e. The van der Waals surface area contributed by atoms with Crippen molar-refractivity contribution in [1.29, 1.82) is 0 Å². The average molecular weight is 285 g/mol. The molecule has 0 bridgehead atoms. The molecule has 110 valence electrons. The lowest BCUT2D eigenvalue weighted by Crippen LogP contribution is -2.29. The van der Waals surface area contributed by atoms with Crippen molar-refractivity contribution in [3.05, 3.63) is 58.7 Å². The zero-order valence-corrected chi connectivity index (χ0v) is 12.4. The van der Waals surface area contributed by atoms with Crippen LogP contribution >= 0.6 is 0 Å². The summed E-state index contributed by atoms with van der Waals surface area (Å²) in [6.45, 7) is 5.67. The van der Waals surface area contributed by atoms with Crippen LogP contribution in [-0.2, 0) is 0 Å². The number of benzene rings is 1. The normalized spacial score (nSPS) is 12.0. The van der Waals surface area contributed by atoms with E-state index in [1.54, 1.807) is 13.8 Å². The van der Waals surface area contributed by atoms with Crippen molar-refractivity contribution in [2.75, 3.05) is 6.54 Å². The Bertz CT molecular complexity index is 638. The summed E-state index contributed by atoms with van der Waals surface area (Å²) >= 11 is 0. The molecular weight excluding hydrogens is 266 g/mol. The molecule has 1 unspecified atom stereocenters. The molecule has 1 aromatic heterocycles. The number of amides is 1. The molecule has 2 rings (SSSR count). The molecule has 0 spiro atoms. The number of aromatic nitrogens is 2. The fourth-order valence-electron chi connectivity index (χ4n) is 2.00. The highest BCUT2D eigenvalue weighted by Crippen LogP contribution is 2.13. The topological polar surface area (TPSA) is 75.1 Å². The lowest BCUT2D eigenvalue weighted by molar-refractivity contribution is 0.0915. The Morgan fingerprint density at radius 1 is 1.24 bits per heavy atom. The van der Waals surface area contributed by atoms with E-state index in [0.717, 1.165) is 11.1 Å². The first-order chi connectivity index (χ1) is 9.97. The first-order valence-corrected chi connectivity index (χ1v) is 6.80. The quantitative estimate of drug-likeness (QED) is 0.899. The minimum atomic E-state index is -0.735. The number of nitrogens with zero attached hydrogens (tertiary/aromatic N) is 2. The summed E-state index contributed by atoms with van der Waals surface area (Å²) in [7, 11) is 0. The fourth-order valence-corrected chi connectivity index (χ4v) is 2.00. The number of aryl methyl sites for hydroxylation is 3. The Hall–Kier alpha value is -2.27. The Labute approximate surface area is 124 Å². The molecule has 5 heteroatoms. The van der Waals surface area contributed by atoms with E-state index in [1.807, 2.05) is 31.2 Å². The van der Waals surface area contributed by atoms with Gasteiger partial charge in [-0.25, -0.2) is 9.97 Å². The number of aliphatic hydroxyl groups is 1. The van der Waals surface area contributed by atoms with Crippen molar-refractivity contribution in [3.63, 3.8) is 0 Å². The number of carbonyl (C=O) groups excluding carboxylic acids is 1. The largest absolute Gasteiger partial charge is 0.387 e. The molecule has 0 aliphatic heterocycles. The van der Waals surface area contributed by atoms with E-state index in [-0.39, 0.29) is 12.5 Å². The maximum absolute atomic E-state index is 12.1. The predicted octanol–water partition coefficient (Wildman–Crippen LogP) is 1.87. The minimum absolute atomic E-state index is 0.148. The molecule has 1 aromatic carbocycles. The molecule has 0 saturated heterocycles. The van der Waals surface area contributed by atoms with Crippen LogP contribution in [0, 0.1) is 20.8 Å². The van der Waals surface area contributed by atoms with E-state index in [9.17, 15) is 9.90 Å². The number of rotatable bonds is 4. The lowest BCUT2D eigenvalue weighted by atomic mass is 10.1. The molecule has 2 aromatic rings. The molecule has 0 radical (unpaired) electrons. The molecule has 21 heavy (non-hydrogen) atoms. The number of aliphatic hydroxyl groups excluding tert-OH is 1. The van der Waals surface area contributed by atoms with Crippen LogP contribution in [0.5, 0.6) is 0 Å². The van der Waals surface area contributed by atoms with Crippen LogP contribution in [0.2, 0.25) is 0 Å². The van der Waals surface area contributed by atoms with Gasteiger partial charge in [-0.3, -0.25) is 4.79 Å². The first-order valence-electron chi connectivity index (χ1n) is 6.80. The van der Waals surface area contributed by atoms with Crippen molar-refractivity contribution >= 4 is 5.91 Å². The summed E-state index contributed by atoms with van der Waals surface area (Å²) in [6, 6.07) is 7.56. The van der Waals surface area contributed by atoms with Crippen molar-refractivity contribution in [3.8, 4) is 0 Å². The molecule has 1 amide bonds. The smallest absolute Gasteiger partial charge is 0.254 e. The zero-order chi connectivity index (χ0) is 15.4. The molecule has 0 aliphatic rings. The molecule has 0 aliphatic carbocycles. The van der Waals surface area contributed by atoms with E-state index in [1.165, 1.54) is 6.20 Å². The van der Waals surface area contributed by atoms with Gasteiger partial charge >= 0.3 is 0 Å². The summed E-state index contributed by atoms with van der Waals surface area (Å²) in [4.78, 5) is 20.2. The van der Waals surface area contributed by atoms with E-state index in [2.05, 4.69) is 15.3 Å². The van der Waals surface area contributed by atoms with Crippen molar-refractivity contribution in [2.45, 2.75) is 26.9 Å². The summed E-state index contributed by atoms with van der Waals surface area (Å²) in [5.41, 5.74) is 2.96. The second kappa shape index (κ2) is 6.45. The standard InChI is InChI=1S/C16H19N3O2/c1-10-4-6-13(7-5-10)15(20)9-18-16(21)14-8-17-12(3)19-11(14)2/h4-8,15,20H,9H2,1-3H3,(H,18,21). The van der Waals surface area contributed by atoms with E-state index < -0.39 is 6.10 Å². The third-order valence-electron chi connectivity index (χ3n) is 3.26. The van der Waals surface area contributed by atoms with Gasteiger partial charge in [0.15, 0.2) is 0 Å². The van der Waals surface area contributed by atoms with Crippen LogP contribution < -0.4 is 5.32 Å². The molecule has 0 fully saturated rings. The summed E-state index contributed by atoms with van der Waals surface area (Å²) in [5, 5.41) is 12.8. The van der Waals surface area contributed by atoms with Crippen LogP contribution in [0.4, 0.5) is 0 Å². The number of hydrogen-bond acceptors (Lipinski definition) is 4. The van der Waals surface area contributed by atoms with Gasteiger partial charge in [-0.2, -0.15) is 0 Å². The Morgan fingerprint density at radius 2 is 1.90 bits per heavy atom. The number of nitrogens with one attached hydrogen (secondary N) is 1. The van der Waals surface area contributed by atoms with Crippen molar-refractivity contribution in [2.24, 2.45) is 0 Å². The third-order valence-corrected chi connectivity index (χ3v) is 3.26. The van der Waals surface area contributed by atoms with Gasteiger partial charge in [0.1, 0.15) is 5.82 Å². The van der Waals surface area contributed by atoms with Gasteiger partial charge in [-0.15, -0.1) is 0 Å². The SMILES string of the molecule is Cc1ccc(C(O)CNC(=O)c2cnc(C)nc2C)cc1. The van der Waals surface area contributed by atoms with Crippen LogP contribution in [-0.4, -0.2) is 27.5 Å². The lowest BCUT2D eigenvalue weighted by Gasteiger charge is -2.13. The Kier molecular flexibility index (Phi) is 4.65. The summed E-state index contributed by atoms with van der Waals surface area (Å²) < 4.78 is 0. The Morgan fingerprint density at radius 3 is 2.52 bits per heavy atom. The molecule has 1 atom stereocenters. The highest BCUT2D eigenvalue weighted by atomic mass is 16.3. The average Bonchev–Trinajstić information content (AvgIpc) is 2.45. The van der Waals surface area contributed by atoms with Gasteiger partial charge in [0.2, 0.25) is 0 Å². The highest BCUT2D eigenvalue weighted by molar-refractivity contribution is 5.94. The molecule has 2 N–H and O–H groups in total. The summed E-state index contributed by atoms with van der Waals surface area (Å²) in [6.07, 6.45) is 0.770. The molecule has 5 nitrogen and oxygen atoms in total. The van der Waals surface area contributed by atoms with Gasteiger partial charge in [0, 0.05) is 12.7 Å². The van der Waals surface area contributed by atoms with Crippen LogP contribution in [0.1, 0.15) is 39.1 Å². The summed E-state index contributed by atoms with van der Waals surface area (Å²) in [5.74, 6) is 0.349.